The number of benzene rings is 3. The van der Waals surface area contributed by atoms with E-state index in [1.165, 1.54) is 33.3 Å². The minimum absolute atomic E-state index is 0.245. The van der Waals surface area contributed by atoms with Crippen molar-refractivity contribution in [2.45, 2.75) is 45.1 Å². The number of carbonyl (C=O) groups excluding carboxylic acids is 1. The van der Waals surface area contributed by atoms with E-state index >= 15 is 0 Å². The maximum Gasteiger partial charge on any atom is 0.224 e. The molecule has 1 saturated heterocycles. The molecule has 2 heterocycles. The van der Waals surface area contributed by atoms with Gasteiger partial charge in [-0.2, -0.15) is 0 Å². The Balaban J connectivity index is 1.31. The van der Waals surface area contributed by atoms with Crippen LogP contribution in [0.15, 0.2) is 79.0 Å². The van der Waals surface area contributed by atoms with Gasteiger partial charge in [0.1, 0.15) is 0 Å². The topological polar surface area (TPSA) is 51.3 Å². The molecule has 1 aromatic heterocycles. The van der Waals surface area contributed by atoms with Crippen LogP contribution in [0.4, 0.5) is 0 Å². The number of nitrogens with two attached hydrogens (primary N) is 1. The quantitative estimate of drug-likeness (QED) is 0.396. The van der Waals surface area contributed by atoms with Gasteiger partial charge >= 0.3 is 0 Å². The summed E-state index contributed by atoms with van der Waals surface area (Å²) in [6, 6.07) is 25.9. The van der Waals surface area contributed by atoms with E-state index in [0.29, 0.717) is 5.92 Å². The number of hydrogen-bond acceptors (Lipinski definition) is 2. The average Bonchev–Trinajstić information content (AvgIpc) is 3.23. The summed E-state index contributed by atoms with van der Waals surface area (Å²) in [6.45, 7) is 7.12. The summed E-state index contributed by atoms with van der Waals surface area (Å²) in [5.41, 5.74) is 13.0. The number of para-hydroxylation sites is 1. The zero-order valence-corrected chi connectivity index (χ0v) is 20.1. The standard InChI is InChI=1S/C30H33N3O/c1-21-10-12-27(13-11-21)33-20-26(28-8-3-4-9-29(28)33)19-32-16-14-23(15-17-32)25-7-5-6-24(18-25)22(2)30(31)34/h3-13,18,20,22-23H,14-17,19H2,1-2H3,(H2,31,34)/t22-/m0/s1. The Hall–Kier alpha value is -3.37. The van der Waals surface area contributed by atoms with Gasteiger partial charge in [0.25, 0.3) is 0 Å². The third-order valence-electron chi connectivity index (χ3n) is 7.40. The van der Waals surface area contributed by atoms with E-state index in [-0.39, 0.29) is 11.8 Å². The van der Waals surface area contributed by atoms with Crippen molar-refractivity contribution in [2.24, 2.45) is 5.73 Å². The molecule has 2 N–H and O–H groups in total. The van der Waals surface area contributed by atoms with E-state index in [0.717, 1.165) is 38.0 Å². The number of hydrogen-bond donors (Lipinski definition) is 1. The highest BCUT2D eigenvalue weighted by atomic mass is 16.1. The molecule has 1 atom stereocenters. The van der Waals surface area contributed by atoms with Crippen LogP contribution in [0.3, 0.4) is 0 Å². The van der Waals surface area contributed by atoms with Crippen LogP contribution >= 0.6 is 0 Å². The smallest absolute Gasteiger partial charge is 0.224 e. The highest BCUT2D eigenvalue weighted by Gasteiger charge is 2.23. The molecule has 0 unspecified atom stereocenters. The fourth-order valence-electron chi connectivity index (χ4n) is 5.21. The van der Waals surface area contributed by atoms with E-state index in [1.807, 2.05) is 13.0 Å². The summed E-state index contributed by atoms with van der Waals surface area (Å²) >= 11 is 0. The van der Waals surface area contributed by atoms with E-state index in [4.69, 9.17) is 5.73 Å². The van der Waals surface area contributed by atoms with Gasteiger partial charge < -0.3 is 10.3 Å². The second-order valence-corrected chi connectivity index (χ2v) is 9.72. The lowest BCUT2D eigenvalue weighted by Gasteiger charge is -2.32. The molecule has 1 aliphatic heterocycles. The van der Waals surface area contributed by atoms with Crippen molar-refractivity contribution < 1.29 is 4.79 Å². The van der Waals surface area contributed by atoms with Crippen molar-refractivity contribution in [2.75, 3.05) is 13.1 Å². The van der Waals surface area contributed by atoms with Gasteiger partial charge in [-0.05, 0) is 80.6 Å². The van der Waals surface area contributed by atoms with E-state index in [9.17, 15) is 4.79 Å². The van der Waals surface area contributed by atoms with Crippen LogP contribution in [0.2, 0.25) is 0 Å². The van der Waals surface area contributed by atoms with Gasteiger partial charge in [-0.1, -0.05) is 60.2 Å². The van der Waals surface area contributed by atoms with Crippen molar-refractivity contribution in [3.8, 4) is 5.69 Å². The third kappa shape index (κ3) is 4.51. The molecule has 0 aliphatic carbocycles. The van der Waals surface area contributed by atoms with Crippen LogP contribution in [0.5, 0.6) is 0 Å². The molecule has 1 fully saturated rings. The fraction of sp³-hybridized carbons (Fsp3) is 0.300. The van der Waals surface area contributed by atoms with E-state index in [2.05, 4.69) is 89.3 Å². The number of amides is 1. The van der Waals surface area contributed by atoms with Gasteiger partial charge in [0.2, 0.25) is 5.91 Å². The maximum atomic E-state index is 11.6. The Bertz CT molecular complexity index is 1300. The van der Waals surface area contributed by atoms with Crippen molar-refractivity contribution in [3.05, 3.63) is 101 Å². The SMILES string of the molecule is Cc1ccc(-n2cc(CN3CCC(c4cccc([C@H](C)C(N)=O)c4)CC3)c3ccccc32)cc1. The van der Waals surface area contributed by atoms with Crippen LogP contribution < -0.4 is 5.73 Å². The van der Waals surface area contributed by atoms with Gasteiger partial charge in [0, 0.05) is 23.8 Å². The van der Waals surface area contributed by atoms with Crippen LogP contribution in [0.1, 0.15) is 53.9 Å². The Kier molecular flexibility index (Phi) is 6.25. The van der Waals surface area contributed by atoms with E-state index in [1.54, 1.807) is 0 Å². The highest BCUT2D eigenvalue weighted by Crippen LogP contribution is 2.32. The number of primary amides is 1. The number of rotatable bonds is 6. The van der Waals surface area contributed by atoms with Crippen molar-refractivity contribution in [1.29, 1.82) is 0 Å². The number of aryl methyl sites for hydroxylation is 1. The van der Waals surface area contributed by atoms with Crippen LogP contribution in [-0.4, -0.2) is 28.5 Å². The minimum atomic E-state index is -0.267. The summed E-state index contributed by atoms with van der Waals surface area (Å²) in [6.07, 6.45) is 4.58. The van der Waals surface area contributed by atoms with Gasteiger partial charge in [0.05, 0.1) is 11.4 Å². The molecule has 4 heteroatoms. The molecular formula is C30H33N3O. The predicted octanol–water partition coefficient (Wildman–Crippen LogP) is 5.91. The zero-order valence-electron chi connectivity index (χ0n) is 20.1. The van der Waals surface area contributed by atoms with E-state index < -0.39 is 0 Å². The zero-order chi connectivity index (χ0) is 23.7. The summed E-state index contributed by atoms with van der Waals surface area (Å²) < 4.78 is 2.32. The molecule has 4 aromatic rings. The van der Waals surface area contributed by atoms with Crippen LogP contribution in [0, 0.1) is 6.92 Å². The lowest BCUT2D eigenvalue weighted by molar-refractivity contribution is -0.119. The summed E-state index contributed by atoms with van der Waals surface area (Å²) in [5, 5.41) is 1.33. The molecule has 1 aliphatic rings. The summed E-state index contributed by atoms with van der Waals surface area (Å²) in [5.74, 6) is 0.0211. The second kappa shape index (κ2) is 9.47. The van der Waals surface area contributed by atoms with Crippen molar-refractivity contribution in [1.82, 2.24) is 9.47 Å². The molecule has 3 aromatic carbocycles. The first-order chi connectivity index (χ1) is 16.5. The number of carbonyl (C=O) groups is 1. The molecule has 0 bridgehead atoms. The molecule has 174 valence electrons. The first kappa shape index (κ1) is 22.4. The van der Waals surface area contributed by atoms with Crippen molar-refractivity contribution in [3.63, 3.8) is 0 Å². The molecule has 0 radical (unpaired) electrons. The molecule has 0 saturated carbocycles. The van der Waals surface area contributed by atoms with Gasteiger partial charge in [-0.25, -0.2) is 0 Å². The number of fused-ring (bicyclic) bond motifs is 1. The minimum Gasteiger partial charge on any atom is -0.369 e. The molecule has 4 nitrogen and oxygen atoms in total. The Morgan fingerprint density at radius 1 is 1.00 bits per heavy atom. The fourth-order valence-corrected chi connectivity index (χ4v) is 5.21. The first-order valence-corrected chi connectivity index (χ1v) is 12.3. The number of nitrogens with zero attached hydrogens (tertiary/aromatic N) is 2. The average molecular weight is 452 g/mol. The Morgan fingerprint density at radius 3 is 2.47 bits per heavy atom. The summed E-state index contributed by atoms with van der Waals surface area (Å²) in [7, 11) is 0. The van der Waals surface area contributed by atoms with Gasteiger partial charge in [-0.3, -0.25) is 9.69 Å². The normalized spacial score (nSPS) is 16.1. The summed E-state index contributed by atoms with van der Waals surface area (Å²) in [4.78, 5) is 14.2. The Morgan fingerprint density at radius 2 is 1.74 bits per heavy atom. The molecule has 0 spiro atoms. The first-order valence-electron chi connectivity index (χ1n) is 12.3. The maximum absolute atomic E-state index is 11.6. The highest BCUT2D eigenvalue weighted by molar-refractivity contribution is 5.85. The molecule has 5 rings (SSSR count). The lowest BCUT2D eigenvalue weighted by Crippen LogP contribution is -2.32. The predicted molar refractivity (Wildman–Crippen MR) is 139 cm³/mol. The molecular weight excluding hydrogens is 418 g/mol. The second-order valence-electron chi connectivity index (χ2n) is 9.72. The molecule has 1 amide bonds. The lowest BCUT2D eigenvalue weighted by atomic mass is 9.87. The number of piperidine rings is 1. The third-order valence-corrected chi connectivity index (χ3v) is 7.40. The van der Waals surface area contributed by atoms with Crippen LogP contribution in [0.25, 0.3) is 16.6 Å². The van der Waals surface area contributed by atoms with Crippen LogP contribution in [-0.2, 0) is 11.3 Å². The van der Waals surface area contributed by atoms with Gasteiger partial charge in [0.15, 0.2) is 0 Å². The van der Waals surface area contributed by atoms with Crippen molar-refractivity contribution >= 4 is 16.8 Å². The number of likely N-dealkylation sites (tertiary alicyclic amines) is 1. The molecule has 34 heavy (non-hydrogen) atoms. The number of aromatic nitrogens is 1. The largest absolute Gasteiger partial charge is 0.369 e. The van der Waals surface area contributed by atoms with Gasteiger partial charge in [-0.15, -0.1) is 0 Å². The Labute approximate surface area is 202 Å². The monoisotopic (exact) mass is 451 g/mol.